The van der Waals surface area contributed by atoms with E-state index in [0.29, 0.717) is 12.3 Å². The molecule has 0 aliphatic heterocycles. The van der Waals surface area contributed by atoms with Crippen molar-refractivity contribution in [3.05, 3.63) is 29.6 Å². The van der Waals surface area contributed by atoms with Gasteiger partial charge in [0.25, 0.3) is 5.91 Å². The highest BCUT2D eigenvalue weighted by molar-refractivity contribution is 5.99. The normalized spacial score (nSPS) is 12.5. The fourth-order valence-electron chi connectivity index (χ4n) is 1.74. The first-order valence-corrected chi connectivity index (χ1v) is 5.90. The van der Waals surface area contributed by atoms with Gasteiger partial charge < -0.3 is 16.2 Å². The Hall–Kier alpha value is -1.62. The lowest BCUT2D eigenvalue weighted by molar-refractivity contribution is 0.0909. The summed E-state index contributed by atoms with van der Waals surface area (Å²) in [6.07, 6.45) is 0.650. The molecule has 1 aromatic rings. The van der Waals surface area contributed by atoms with E-state index in [1.807, 2.05) is 13.8 Å². The third-order valence-electron chi connectivity index (χ3n) is 2.57. The first-order valence-electron chi connectivity index (χ1n) is 5.90. The summed E-state index contributed by atoms with van der Waals surface area (Å²) in [7, 11) is 0. The summed E-state index contributed by atoms with van der Waals surface area (Å²) in [6.45, 7) is 3.83. The van der Waals surface area contributed by atoms with Gasteiger partial charge in [-0.15, -0.1) is 0 Å². The van der Waals surface area contributed by atoms with Crippen LogP contribution in [0.15, 0.2) is 18.2 Å². The zero-order valence-corrected chi connectivity index (χ0v) is 10.6. The lowest BCUT2D eigenvalue weighted by atomic mass is 10.0. The second-order valence-corrected chi connectivity index (χ2v) is 4.71. The Morgan fingerprint density at radius 3 is 2.72 bits per heavy atom. The quantitative estimate of drug-likeness (QED) is 0.698. The number of anilines is 1. The molecule has 1 unspecified atom stereocenters. The molecule has 100 valence electrons. The van der Waals surface area contributed by atoms with Crippen LogP contribution in [0.3, 0.4) is 0 Å². The largest absolute Gasteiger partial charge is 0.398 e. The number of carbonyl (C=O) groups is 1. The van der Waals surface area contributed by atoms with Crippen molar-refractivity contribution in [2.75, 3.05) is 12.3 Å². The van der Waals surface area contributed by atoms with Crippen molar-refractivity contribution in [1.82, 2.24) is 5.32 Å². The molecule has 1 atom stereocenters. The molecule has 0 saturated heterocycles. The number of benzene rings is 1. The van der Waals surface area contributed by atoms with Gasteiger partial charge in [-0.3, -0.25) is 4.79 Å². The van der Waals surface area contributed by atoms with E-state index in [-0.39, 0.29) is 23.9 Å². The SMILES string of the molecule is CC(C)CC(CO)NC(=O)c1cc(F)ccc1N. The average Bonchev–Trinajstić information content (AvgIpc) is 2.30. The molecule has 0 fully saturated rings. The molecule has 0 radical (unpaired) electrons. The third kappa shape index (κ3) is 4.00. The van der Waals surface area contributed by atoms with Crippen LogP contribution >= 0.6 is 0 Å². The summed E-state index contributed by atoms with van der Waals surface area (Å²) in [6, 6.07) is 3.29. The number of hydrogen-bond donors (Lipinski definition) is 3. The van der Waals surface area contributed by atoms with E-state index < -0.39 is 11.7 Å². The molecule has 0 heterocycles. The Morgan fingerprint density at radius 1 is 1.50 bits per heavy atom. The van der Waals surface area contributed by atoms with Crippen LogP contribution in [0.2, 0.25) is 0 Å². The fourth-order valence-corrected chi connectivity index (χ4v) is 1.74. The number of nitrogen functional groups attached to an aromatic ring is 1. The summed E-state index contributed by atoms with van der Waals surface area (Å²) in [4.78, 5) is 11.9. The van der Waals surface area contributed by atoms with Gasteiger partial charge in [-0.2, -0.15) is 0 Å². The molecule has 0 aliphatic carbocycles. The molecule has 0 aliphatic rings. The summed E-state index contributed by atoms with van der Waals surface area (Å²) >= 11 is 0. The molecule has 0 saturated carbocycles. The first kappa shape index (κ1) is 14.4. The van der Waals surface area contributed by atoms with E-state index in [2.05, 4.69) is 5.32 Å². The zero-order chi connectivity index (χ0) is 13.7. The van der Waals surface area contributed by atoms with Gasteiger partial charge in [0.05, 0.1) is 18.2 Å². The van der Waals surface area contributed by atoms with Crippen molar-refractivity contribution in [3.63, 3.8) is 0 Å². The topological polar surface area (TPSA) is 75.3 Å². The van der Waals surface area contributed by atoms with Gasteiger partial charge in [0, 0.05) is 5.69 Å². The molecule has 18 heavy (non-hydrogen) atoms. The van der Waals surface area contributed by atoms with Gasteiger partial charge in [0.15, 0.2) is 0 Å². The second kappa shape index (κ2) is 6.35. The van der Waals surface area contributed by atoms with Crippen LogP contribution in [0.1, 0.15) is 30.6 Å². The average molecular weight is 254 g/mol. The van der Waals surface area contributed by atoms with Gasteiger partial charge in [-0.25, -0.2) is 4.39 Å². The molecule has 0 aromatic heterocycles. The van der Waals surface area contributed by atoms with Crippen molar-refractivity contribution in [2.24, 2.45) is 5.92 Å². The van der Waals surface area contributed by atoms with Gasteiger partial charge in [0.2, 0.25) is 0 Å². The lowest BCUT2D eigenvalue weighted by Crippen LogP contribution is -2.38. The molecule has 0 spiro atoms. The smallest absolute Gasteiger partial charge is 0.253 e. The van der Waals surface area contributed by atoms with E-state index in [9.17, 15) is 14.3 Å². The number of rotatable bonds is 5. The number of carbonyl (C=O) groups excluding carboxylic acids is 1. The van der Waals surface area contributed by atoms with Gasteiger partial charge in [0.1, 0.15) is 5.82 Å². The standard InChI is InChI=1S/C13H19FN2O2/c1-8(2)5-10(7-17)16-13(18)11-6-9(14)3-4-12(11)15/h3-4,6,8,10,17H,5,7,15H2,1-2H3,(H,16,18). The molecular formula is C13H19FN2O2. The maximum Gasteiger partial charge on any atom is 0.253 e. The zero-order valence-electron chi connectivity index (χ0n) is 10.6. The molecule has 1 rings (SSSR count). The Bertz CT molecular complexity index is 421. The minimum atomic E-state index is -0.515. The Kier molecular flexibility index (Phi) is 5.09. The van der Waals surface area contributed by atoms with E-state index in [4.69, 9.17) is 5.73 Å². The third-order valence-corrected chi connectivity index (χ3v) is 2.57. The molecule has 1 amide bonds. The number of hydrogen-bond acceptors (Lipinski definition) is 3. The number of nitrogens with two attached hydrogens (primary N) is 1. The number of amides is 1. The van der Waals surface area contributed by atoms with Crippen molar-refractivity contribution in [1.29, 1.82) is 0 Å². The highest BCUT2D eigenvalue weighted by Crippen LogP contribution is 2.14. The van der Waals surface area contributed by atoms with Crippen LogP contribution in [-0.2, 0) is 0 Å². The Balaban J connectivity index is 2.77. The second-order valence-electron chi connectivity index (χ2n) is 4.71. The molecule has 1 aromatic carbocycles. The molecule has 4 N–H and O–H groups in total. The van der Waals surface area contributed by atoms with Gasteiger partial charge in [-0.05, 0) is 30.5 Å². The molecule has 5 heteroatoms. The van der Waals surface area contributed by atoms with E-state index >= 15 is 0 Å². The van der Waals surface area contributed by atoms with E-state index in [1.54, 1.807) is 0 Å². The van der Waals surface area contributed by atoms with Crippen molar-refractivity contribution >= 4 is 11.6 Å². The highest BCUT2D eigenvalue weighted by atomic mass is 19.1. The minimum absolute atomic E-state index is 0.0946. The summed E-state index contributed by atoms with van der Waals surface area (Å²) in [5.74, 6) is -0.641. The molecule has 0 bridgehead atoms. The van der Waals surface area contributed by atoms with Crippen LogP contribution in [-0.4, -0.2) is 23.7 Å². The van der Waals surface area contributed by atoms with Crippen LogP contribution in [0.25, 0.3) is 0 Å². The highest BCUT2D eigenvalue weighted by Gasteiger charge is 2.16. The number of aliphatic hydroxyl groups is 1. The van der Waals surface area contributed by atoms with E-state index in [0.717, 1.165) is 6.07 Å². The summed E-state index contributed by atoms with van der Waals surface area (Å²) < 4.78 is 13.1. The van der Waals surface area contributed by atoms with Crippen molar-refractivity contribution in [2.45, 2.75) is 26.3 Å². The molecular weight excluding hydrogens is 235 g/mol. The summed E-state index contributed by atoms with van der Waals surface area (Å²) in [5.41, 5.74) is 5.93. The maximum atomic E-state index is 13.1. The van der Waals surface area contributed by atoms with Crippen LogP contribution < -0.4 is 11.1 Å². The monoisotopic (exact) mass is 254 g/mol. The lowest BCUT2D eigenvalue weighted by Gasteiger charge is -2.18. The van der Waals surface area contributed by atoms with Crippen molar-refractivity contribution in [3.8, 4) is 0 Å². The summed E-state index contributed by atoms with van der Waals surface area (Å²) in [5, 5.41) is 11.8. The minimum Gasteiger partial charge on any atom is -0.398 e. The number of nitrogens with one attached hydrogen (secondary N) is 1. The molecule has 4 nitrogen and oxygen atoms in total. The number of aliphatic hydroxyl groups excluding tert-OH is 1. The van der Waals surface area contributed by atoms with Crippen LogP contribution in [0.5, 0.6) is 0 Å². The number of halogens is 1. The predicted octanol–water partition coefficient (Wildman–Crippen LogP) is 1.54. The Morgan fingerprint density at radius 2 is 2.17 bits per heavy atom. The van der Waals surface area contributed by atoms with Crippen LogP contribution in [0.4, 0.5) is 10.1 Å². The van der Waals surface area contributed by atoms with Gasteiger partial charge >= 0.3 is 0 Å². The van der Waals surface area contributed by atoms with Gasteiger partial charge in [-0.1, -0.05) is 13.8 Å². The van der Waals surface area contributed by atoms with Crippen molar-refractivity contribution < 1.29 is 14.3 Å². The maximum absolute atomic E-state index is 13.1. The van der Waals surface area contributed by atoms with Crippen LogP contribution in [0, 0.1) is 11.7 Å². The Labute approximate surface area is 106 Å². The predicted molar refractivity (Wildman–Crippen MR) is 68.6 cm³/mol. The first-order chi connectivity index (χ1) is 8.43. The van der Waals surface area contributed by atoms with E-state index in [1.165, 1.54) is 12.1 Å². The fraction of sp³-hybridized carbons (Fsp3) is 0.462.